The molecule has 9 heteroatoms. The van der Waals surface area contributed by atoms with E-state index in [1.165, 1.54) is 7.11 Å². The fourth-order valence-electron chi connectivity index (χ4n) is 6.65. The van der Waals surface area contributed by atoms with Crippen molar-refractivity contribution >= 4 is 29.2 Å². The number of esters is 1. The minimum atomic E-state index is -0.267. The van der Waals surface area contributed by atoms with Crippen LogP contribution in [0.5, 0.6) is 0 Å². The first-order valence-corrected chi connectivity index (χ1v) is 14.3. The molecule has 1 fully saturated rings. The first kappa shape index (κ1) is 27.5. The summed E-state index contributed by atoms with van der Waals surface area (Å²) in [7, 11) is 1.40. The molecule has 1 saturated heterocycles. The molecule has 0 saturated carbocycles. The third-order valence-corrected chi connectivity index (χ3v) is 9.06. The van der Waals surface area contributed by atoms with E-state index in [0.717, 1.165) is 74.1 Å². The number of allylic oxidation sites excluding steroid dienone is 11. The molecule has 2 atom stereocenters. The van der Waals surface area contributed by atoms with Crippen LogP contribution in [0.3, 0.4) is 0 Å². The molecule has 6 aliphatic rings. The van der Waals surface area contributed by atoms with Crippen molar-refractivity contribution in [3.8, 4) is 0 Å². The Morgan fingerprint density at radius 1 is 1.10 bits per heavy atom. The molecule has 6 rings (SSSR count). The number of nitrogens with zero attached hydrogens (tertiary/aromatic N) is 4. The highest BCUT2D eigenvalue weighted by atomic mass is 16.5. The SMILES string of the molecule is CCC1=C(C)C2=NC1=CC1=C(C)C3=C(O)CC(=C4NC(=CC5=NC(=C2)C(N=C=O)=C5C)[C@@H](C)[C@@H]4CCC(=O)OC)C3=N1. The van der Waals surface area contributed by atoms with Gasteiger partial charge in [-0.15, -0.1) is 0 Å². The molecule has 1 aliphatic carbocycles. The lowest BCUT2D eigenvalue weighted by Crippen LogP contribution is -2.16. The van der Waals surface area contributed by atoms with Crippen molar-refractivity contribution in [3.05, 3.63) is 91.6 Å². The molecule has 0 aromatic carbocycles. The van der Waals surface area contributed by atoms with Crippen LogP contribution in [0.2, 0.25) is 0 Å². The summed E-state index contributed by atoms with van der Waals surface area (Å²) in [5, 5.41) is 14.8. The Morgan fingerprint density at radius 3 is 2.55 bits per heavy atom. The monoisotopic (exact) mass is 563 g/mol. The van der Waals surface area contributed by atoms with Gasteiger partial charge in [-0.3, -0.25) is 4.79 Å². The van der Waals surface area contributed by atoms with E-state index >= 15 is 0 Å². The number of hydrogen-bond donors (Lipinski definition) is 2. The van der Waals surface area contributed by atoms with Crippen molar-refractivity contribution in [3.63, 3.8) is 0 Å². The molecule has 214 valence electrons. The van der Waals surface area contributed by atoms with Gasteiger partial charge in [0.25, 0.3) is 0 Å². The average molecular weight is 564 g/mol. The van der Waals surface area contributed by atoms with Crippen LogP contribution >= 0.6 is 0 Å². The minimum Gasteiger partial charge on any atom is -0.511 e. The number of nitrogens with one attached hydrogen (secondary N) is 1. The van der Waals surface area contributed by atoms with Crippen LogP contribution in [0, 0.1) is 11.8 Å². The van der Waals surface area contributed by atoms with Crippen LogP contribution in [0.1, 0.15) is 60.3 Å². The van der Waals surface area contributed by atoms with Crippen molar-refractivity contribution in [1.29, 1.82) is 0 Å². The van der Waals surface area contributed by atoms with Gasteiger partial charge in [0, 0.05) is 52.8 Å². The molecule has 2 N–H and O–H groups in total. The third kappa shape index (κ3) is 4.23. The highest BCUT2D eigenvalue weighted by Crippen LogP contribution is 2.46. The van der Waals surface area contributed by atoms with Crippen LogP contribution in [0.15, 0.2) is 112 Å². The molecule has 5 heterocycles. The molecular weight excluding hydrogens is 530 g/mol. The Hall–Kier alpha value is -4.62. The van der Waals surface area contributed by atoms with Crippen LogP contribution < -0.4 is 5.32 Å². The van der Waals surface area contributed by atoms with Gasteiger partial charge in [0.05, 0.1) is 41.3 Å². The first-order chi connectivity index (χ1) is 20.2. The third-order valence-electron chi connectivity index (χ3n) is 9.06. The number of aliphatic imine (C=N–C) groups is 4. The van der Waals surface area contributed by atoms with Gasteiger partial charge in [-0.25, -0.2) is 19.8 Å². The number of carbonyl (C=O) groups excluding carboxylic acids is 2. The first-order valence-electron chi connectivity index (χ1n) is 14.3. The van der Waals surface area contributed by atoms with Gasteiger partial charge in [-0.05, 0) is 68.6 Å². The van der Waals surface area contributed by atoms with Gasteiger partial charge in [-0.2, -0.15) is 4.99 Å². The summed E-state index contributed by atoms with van der Waals surface area (Å²) in [6, 6.07) is 0. The number of isocyanates is 1. The van der Waals surface area contributed by atoms with E-state index in [2.05, 4.69) is 24.2 Å². The van der Waals surface area contributed by atoms with Crippen molar-refractivity contribution in [2.24, 2.45) is 31.8 Å². The highest BCUT2D eigenvalue weighted by Gasteiger charge is 2.41. The van der Waals surface area contributed by atoms with Crippen LogP contribution in [-0.2, 0) is 14.3 Å². The zero-order valence-electron chi connectivity index (χ0n) is 24.7. The number of aliphatic hydroxyl groups excluding tert-OH is 1. The molecule has 5 aliphatic heterocycles. The number of hydrogen-bond acceptors (Lipinski definition) is 9. The Morgan fingerprint density at radius 2 is 1.83 bits per heavy atom. The molecule has 0 spiro atoms. The zero-order chi connectivity index (χ0) is 29.9. The average Bonchev–Trinajstić information content (AvgIpc) is 3.71. The second-order valence-electron chi connectivity index (χ2n) is 11.3. The molecule has 9 nitrogen and oxygen atoms in total. The van der Waals surface area contributed by atoms with Gasteiger partial charge in [0.15, 0.2) is 0 Å². The second kappa shape index (κ2) is 10.3. The van der Waals surface area contributed by atoms with Crippen molar-refractivity contribution < 1.29 is 19.4 Å². The van der Waals surface area contributed by atoms with Crippen molar-refractivity contribution in [2.75, 3.05) is 7.11 Å². The number of aliphatic hydroxyl groups is 1. The quantitative estimate of drug-likeness (QED) is 0.245. The minimum absolute atomic E-state index is 0.0101. The fourth-order valence-corrected chi connectivity index (χ4v) is 6.65. The molecule has 0 unspecified atom stereocenters. The lowest BCUT2D eigenvalue weighted by Gasteiger charge is -2.17. The van der Waals surface area contributed by atoms with Gasteiger partial charge < -0.3 is 15.2 Å². The van der Waals surface area contributed by atoms with E-state index in [9.17, 15) is 14.7 Å². The molecule has 0 aromatic heterocycles. The van der Waals surface area contributed by atoms with Crippen molar-refractivity contribution in [1.82, 2.24) is 5.32 Å². The Bertz CT molecular complexity index is 1760. The maximum Gasteiger partial charge on any atom is 0.305 e. The summed E-state index contributed by atoms with van der Waals surface area (Å²) < 4.78 is 4.95. The summed E-state index contributed by atoms with van der Waals surface area (Å²) in [5.74, 6) is 0.00137. The smallest absolute Gasteiger partial charge is 0.305 e. The molecule has 0 radical (unpaired) electrons. The van der Waals surface area contributed by atoms with E-state index in [1.54, 1.807) is 6.08 Å². The predicted octanol–water partition coefficient (Wildman–Crippen LogP) is 5.90. The van der Waals surface area contributed by atoms with Crippen LogP contribution in [0.25, 0.3) is 0 Å². The van der Waals surface area contributed by atoms with E-state index < -0.39 is 0 Å². The highest BCUT2D eigenvalue weighted by molar-refractivity contribution is 6.21. The summed E-state index contributed by atoms with van der Waals surface area (Å²) >= 11 is 0. The van der Waals surface area contributed by atoms with Crippen molar-refractivity contribution in [2.45, 2.75) is 60.3 Å². The van der Waals surface area contributed by atoms with E-state index in [1.807, 2.05) is 39.0 Å². The summed E-state index contributed by atoms with van der Waals surface area (Å²) in [5.41, 5.74) is 12.2. The van der Waals surface area contributed by atoms with Gasteiger partial charge >= 0.3 is 5.97 Å². The number of carbonyl (C=O) groups is 1. The number of methoxy groups -OCH3 is 1. The molecule has 8 bridgehead atoms. The van der Waals surface area contributed by atoms with Gasteiger partial charge in [-0.1, -0.05) is 13.8 Å². The van der Waals surface area contributed by atoms with Crippen LogP contribution in [-0.4, -0.2) is 41.4 Å². The topological polar surface area (TPSA) is 125 Å². The normalized spacial score (nSPS) is 24.4. The predicted molar refractivity (Wildman–Crippen MR) is 161 cm³/mol. The largest absolute Gasteiger partial charge is 0.511 e. The number of rotatable bonds is 5. The van der Waals surface area contributed by atoms with Gasteiger partial charge in [0.1, 0.15) is 11.5 Å². The molecular formula is C33H33N5O4. The molecule has 0 amide bonds. The number of fused-ring (bicyclic) bond motifs is 5. The van der Waals surface area contributed by atoms with E-state index in [-0.39, 0.29) is 24.2 Å². The summed E-state index contributed by atoms with van der Waals surface area (Å²) in [6.07, 6.45) is 9.51. The van der Waals surface area contributed by atoms with Gasteiger partial charge in [0.2, 0.25) is 6.08 Å². The lowest BCUT2D eigenvalue weighted by molar-refractivity contribution is -0.140. The Labute approximate surface area is 244 Å². The molecule has 0 aromatic rings. The standard InChI is InChI=1S/C33H33N5O4/c1-7-19-15(2)22-13-27-31(34-14-39)18(5)25(36-27)11-23-16(3)20(8-9-29(41)42-6)32(37-23)21-10-28(40)30-17(4)24(38-33(21)30)12-26(19)35-22/h11-13,16,20,37,40H,7-10H2,1-6H3/t16-,20-/m0/s1. The van der Waals surface area contributed by atoms with E-state index in [0.29, 0.717) is 35.7 Å². The summed E-state index contributed by atoms with van der Waals surface area (Å²) in [6.45, 7) is 10.1. The second-order valence-corrected chi connectivity index (χ2v) is 11.3. The molecule has 42 heavy (non-hydrogen) atoms. The summed E-state index contributed by atoms with van der Waals surface area (Å²) in [4.78, 5) is 42.5. The van der Waals surface area contributed by atoms with Crippen LogP contribution in [0.4, 0.5) is 0 Å². The Kier molecular flexibility index (Phi) is 6.78. The maximum atomic E-state index is 12.2. The maximum absolute atomic E-state index is 12.2. The zero-order valence-corrected chi connectivity index (χ0v) is 24.7. The fraction of sp³-hybridized carbons (Fsp3) is 0.364. The lowest BCUT2D eigenvalue weighted by atomic mass is 9.86. The van der Waals surface area contributed by atoms with E-state index in [4.69, 9.17) is 19.7 Å². The Balaban J connectivity index is 1.60. The number of ether oxygens (including phenoxy) is 1.